The average Bonchev–Trinajstić information content (AvgIpc) is 2.84. The maximum Gasteiger partial charge on any atom is 0.306 e. The zero-order valence-electron chi connectivity index (χ0n) is 21.6. The molecule has 0 saturated carbocycles. The molecule has 1 aromatic heterocycles. The third-order valence-corrected chi connectivity index (χ3v) is 6.27. The van der Waals surface area contributed by atoms with Gasteiger partial charge < -0.3 is 4.74 Å². The SMILES string of the molecule is CCCCCCCCCCCCCC/C=C\CCCCCCCC(=O)OCc1cccnc1. The second-order valence-corrected chi connectivity index (χ2v) is 9.48. The second-order valence-electron chi connectivity index (χ2n) is 9.48. The first-order valence-corrected chi connectivity index (χ1v) is 14.0. The van der Waals surface area contributed by atoms with Crippen molar-refractivity contribution in [3.8, 4) is 0 Å². The Bertz CT molecular complexity index is 570. The van der Waals surface area contributed by atoms with E-state index >= 15 is 0 Å². The van der Waals surface area contributed by atoms with Crippen molar-refractivity contribution in [2.24, 2.45) is 0 Å². The summed E-state index contributed by atoms with van der Waals surface area (Å²) in [5.74, 6) is -0.0976. The molecule has 3 nitrogen and oxygen atoms in total. The lowest BCUT2D eigenvalue weighted by atomic mass is 10.0. The lowest BCUT2D eigenvalue weighted by Gasteiger charge is -2.04. The summed E-state index contributed by atoms with van der Waals surface area (Å²) in [6.07, 6.45) is 34.0. The maximum absolute atomic E-state index is 11.8. The molecule has 0 spiro atoms. The van der Waals surface area contributed by atoms with E-state index in [0.29, 0.717) is 13.0 Å². The van der Waals surface area contributed by atoms with Crippen LogP contribution in [0.5, 0.6) is 0 Å². The van der Waals surface area contributed by atoms with Gasteiger partial charge in [0.25, 0.3) is 0 Å². The molecule has 1 aromatic rings. The Hall–Kier alpha value is -1.64. The first kappa shape index (κ1) is 29.4. The van der Waals surface area contributed by atoms with Crippen LogP contribution in [-0.4, -0.2) is 11.0 Å². The summed E-state index contributed by atoms with van der Waals surface area (Å²) in [5.41, 5.74) is 0.942. The molecule has 0 saturated heterocycles. The number of hydrogen-bond donors (Lipinski definition) is 0. The molecular formula is C30H51NO2. The van der Waals surface area contributed by atoms with Gasteiger partial charge >= 0.3 is 5.97 Å². The summed E-state index contributed by atoms with van der Waals surface area (Å²) < 4.78 is 5.28. The fraction of sp³-hybridized carbons (Fsp3) is 0.733. The van der Waals surface area contributed by atoms with Crippen LogP contribution in [0.3, 0.4) is 0 Å². The molecule has 0 N–H and O–H groups in total. The predicted molar refractivity (Wildman–Crippen MR) is 141 cm³/mol. The van der Waals surface area contributed by atoms with Gasteiger partial charge in [-0.1, -0.05) is 115 Å². The van der Waals surface area contributed by atoms with Crippen molar-refractivity contribution < 1.29 is 9.53 Å². The van der Waals surface area contributed by atoms with Crippen molar-refractivity contribution in [3.63, 3.8) is 0 Å². The Kier molecular flexibility index (Phi) is 20.9. The fourth-order valence-electron chi connectivity index (χ4n) is 4.12. The molecular weight excluding hydrogens is 406 g/mol. The predicted octanol–water partition coefficient (Wildman–Crippen LogP) is 9.50. The molecule has 0 fully saturated rings. The number of carbonyl (C=O) groups is 1. The van der Waals surface area contributed by atoms with E-state index in [1.165, 1.54) is 109 Å². The van der Waals surface area contributed by atoms with Crippen molar-refractivity contribution in [3.05, 3.63) is 42.2 Å². The van der Waals surface area contributed by atoms with Gasteiger partial charge in [-0.25, -0.2) is 0 Å². The van der Waals surface area contributed by atoms with Gasteiger partial charge in [0.05, 0.1) is 0 Å². The number of ether oxygens (including phenoxy) is 1. The van der Waals surface area contributed by atoms with Crippen LogP contribution in [-0.2, 0) is 16.1 Å². The van der Waals surface area contributed by atoms with Gasteiger partial charge in [-0.2, -0.15) is 0 Å². The lowest BCUT2D eigenvalue weighted by Crippen LogP contribution is -2.04. The summed E-state index contributed by atoms with van der Waals surface area (Å²) in [6.45, 7) is 2.62. The van der Waals surface area contributed by atoms with Gasteiger partial charge in [0.15, 0.2) is 0 Å². The molecule has 0 aliphatic rings. The number of rotatable bonds is 23. The number of esters is 1. The van der Waals surface area contributed by atoms with Crippen molar-refractivity contribution in [2.75, 3.05) is 0 Å². The number of aromatic nitrogens is 1. The Morgan fingerprint density at radius 1 is 0.758 bits per heavy atom. The van der Waals surface area contributed by atoms with Gasteiger partial charge in [-0.3, -0.25) is 9.78 Å². The first-order valence-electron chi connectivity index (χ1n) is 14.0. The molecule has 0 atom stereocenters. The minimum Gasteiger partial charge on any atom is -0.461 e. The molecule has 33 heavy (non-hydrogen) atoms. The van der Waals surface area contributed by atoms with Crippen LogP contribution in [0.25, 0.3) is 0 Å². The standard InChI is InChI=1S/C30H51NO2/c1-2-3-4-5-6-7-8-9-10-11-12-13-14-15-16-17-18-19-20-21-22-25-30(32)33-28-29-24-23-26-31-27-29/h15-16,23-24,26-27H,2-14,17-22,25,28H2,1H3/b16-15-. The minimum atomic E-state index is -0.0976. The van der Waals surface area contributed by atoms with Crippen LogP contribution in [0.15, 0.2) is 36.7 Å². The van der Waals surface area contributed by atoms with E-state index in [-0.39, 0.29) is 5.97 Å². The van der Waals surface area contributed by atoms with Crippen LogP contribution >= 0.6 is 0 Å². The summed E-state index contributed by atoms with van der Waals surface area (Å²) in [4.78, 5) is 15.8. The molecule has 0 aliphatic carbocycles. The zero-order chi connectivity index (χ0) is 23.7. The quantitative estimate of drug-likeness (QED) is 0.0932. The highest BCUT2D eigenvalue weighted by Gasteiger charge is 2.03. The van der Waals surface area contributed by atoms with E-state index in [4.69, 9.17) is 4.74 Å². The third-order valence-electron chi connectivity index (χ3n) is 6.27. The normalized spacial score (nSPS) is 11.3. The number of nitrogens with zero attached hydrogens (tertiary/aromatic N) is 1. The Morgan fingerprint density at radius 3 is 1.79 bits per heavy atom. The number of hydrogen-bond acceptors (Lipinski definition) is 3. The van der Waals surface area contributed by atoms with E-state index in [2.05, 4.69) is 24.1 Å². The van der Waals surface area contributed by atoms with Gasteiger partial charge in [-0.05, 0) is 38.2 Å². The Morgan fingerprint density at radius 2 is 1.27 bits per heavy atom. The molecule has 0 aromatic carbocycles. The van der Waals surface area contributed by atoms with Crippen LogP contribution in [0.4, 0.5) is 0 Å². The van der Waals surface area contributed by atoms with E-state index in [1.807, 2.05) is 12.1 Å². The minimum absolute atomic E-state index is 0.0976. The maximum atomic E-state index is 11.8. The summed E-state index contributed by atoms with van der Waals surface area (Å²) >= 11 is 0. The van der Waals surface area contributed by atoms with E-state index in [0.717, 1.165) is 18.4 Å². The van der Waals surface area contributed by atoms with E-state index in [1.54, 1.807) is 12.4 Å². The molecule has 188 valence electrons. The van der Waals surface area contributed by atoms with Gasteiger partial charge in [0, 0.05) is 24.4 Å². The molecule has 0 aliphatic heterocycles. The van der Waals surface area contributed by atoms with Gasteiger partial charge in [-0.15, -0.1) is 0 Å². The highest BCUT2D eigenvalue weighted by atomic mass is 16.5. The Labute approximate surface area is 204 Å². The largest absolute Gasteiger partial charge is 0.461 e. The molecule has 0 radical (unpaired) electrons. The molecule has 0 amide bonds. The molecule has 3 heteroatoms. The number of unbranched alkanes of at least 4 members (excludes halogenated alkanes) is 17. The van der Waals surface area contributed by atoms with Crippen LogP contribution in [0.1, 0.15) is 141 Å². The van der Waals surface area contributed by atoms with E-state index in [9.17, 15) is 4.79 Å². The number of pyridine rings is 1. The molecule has 0 unspecified atom stereocenters. The summed E-state index contributed by atoms with van der Waals surface area (Å²) in [5, 5.41) is 0. The second kappa shape index (κ2) is 23.5. The van der Waals surface area contributed by atoms with Crippen molar-refractivity contribution >= 4 is 5.97 Å². The average molecular weight is 458 g/mol. The fourth-order valence-corrected chi connectivity index (χ4v) is 4.12. The topological polar surface area (TPSA) is 39.2 Å². The van der Waals surface area contributed by atoms with E-state index < -0.39 is 0 Å². The lowest BCUT2D eigenvalue weighted by molar-refractivity contribution is -0.145. The van der Waals surface area contributed by atoms with Crippen molar-refractivity contribution in [1.82, 2.24) is 4.98 Å². The van der Waals surface area contributed by atoms with Gasteiger partial charge in [0.1, 0.15) is 6.61 Å². The molecule has 0 bridgehead atoms. The monoisotopic (exact) mass is 457 g/mol. The first-order chi connectivity index (χ1) is 16.3. The summed E-state index contributed by atoms with van der Waals surface area (Å²) in [7, 11) is 0. The van der Waals surface area contributed by atoms with Crippen LogP contribution < -0.4 is 0 Å². The molecule has 1 rings (SSSR count). The van der Waals surface area contributed by atoms with Gasteiger partial charge in [0.2, 0.25) is 0 Å². The summed E-state index contributed by atoms with van der Waals surface area (Å²) in [6, 6.07) is 3.78. The number of allylic oxidation sites excluding steroid dienone is 2. The third kappa shape index (κ3) is 20.7. The zero-order valence-corrected chi connectivity index (χ0v) is 21.6. The molecule has 1 heterocycles. The van der Waals surface area contributed by atoms with Crippen LogP contribution in [0, 0.1) is 0 Å². The van der Waals surface area contributed by atoms with Crippen molar-refractivity contribution in [1.29, 1.82) is 0 Å². The Balaban J connectivity index is 1.75. The van der Waals surface area contributed by atoms with Crippen LogP contribution in [0.2, 0.25) is 0 Å². The van der Waals surface area contributed by atoms with Crippen molar-refractivity contribution in [2.45, 2.75) is 142 Å². The highest BCUT2D eigenvalue weighted by Crippen LogP contribution is 2.13. The number of carbonyl (C=O) groups excluding carboxylic acids is 1. The smallest absolute Gasteiger partial charge is 0.306 e. The highest BCUT2D eigenvalue weighted by molar-refractivity contribution is 5.69.